The molecule has 0 aliphatic carbocycles. The monoisotopic (exact) mass is 287 g/mol. The summed E-state index contributed by atoms with van der Waals surface area (Å²) in [6.07, 6.45) is 0. The fourth-order valence-corrected chi connectivity index (χ4v) is 2.11. The van der Waals surface area contributed by atoms with Gasteiger partial charge in [-0.15, -0.1) is 5.10 Å². The van der Waals surface area contributed by atoms with E-state index in [2.05, 4.69) is 10.2 Å². The number of ether oxygens (including phenoxy) is 1. The Labute approximate surface area is 123 Å². The van der Waals surface area contributed by atoms with Crippen LogP contribution in [0.1, 0.15) is 21.6 Å². The van der Waals surface area contributed by atoms with E-state index in [4.69, 9.17) is 4.74 Å². The van der Waals surface area contributed by atoms with Crippen molar-refractivity contribution >= 4 is 17.5 Å². The van der Waals surface area contributed by atoms with Gasteiger partial charge in [-0.3, -0.25) is 0 Å². The molecule has 0 spiro atoms. The second kappa shape index (κ2) is 5.78. The summed E-state index contributed by atoms with van der Waals surface area (Å²) in [4.78, 5) is 13.2. The molecule has 0 unspecified atom stereocenters. The van der Waals surface area contributed by atoms with Crippen molar-refractivity contribution in [3.8, 4) is 5.75 Å². The molecule has 0 aliphatic rings. The van der Waals surface area contributed by atoms with Gasteiger partial charge >= 0.3 is 5.97 Å². The lowest BCUT2D eigenvalue weighted by molar-refractivity contribution is 0.0696. The Morgan fingerprint density at radius 3 is 2.52 bits per heavy atom. The van der Waals surface area contributed by atoms with Gasteiger partial charge in [-0.1, -0.05) is 12.1 Å². The third kappa shape index (κ3) is 2.65. The van der Waals surface area contributed by atoms with Crippen LogP contribution in [0, 0.1) is 13.8 Å². The molecule has 6 nitrogen and oxygen atoms in total. The Morgan fingerprint density at radius 1 is 1.24 bits per heavy atom. The zero-order valence-corrected chi connectivity index (χ0v) is 12.4. The summed E-state index contributed by atoms with van der Waals surface area (Å²) in [5, 5.41) is 17.5. The molecular formula is C15H17N3O3. The van der Waals surface area contributed by atoms with E-state index in [0.717, 1.165) is 5.69 Å². The Balaban J connectivity index is 2.61. The molecule has 1 N–H and O–H groups in total. The van der Waals surface area contributed by atoms with Gasteiger partial charge in [0, 0.05) is 7.05 Å². The lowest BCUT2D eigenvalue weighted by Crippen LogP contribution is -2.19. The van der Waals surface area contributed by atoms with E-state index in [-0.39, 0.29) is 11.4 Å². The van der Waals surface area contributed by atoms with Crippen LogP contribution in [-0.2, 0) is 0 Å². The number of carbonyl (C=O) groups is 1. The molecule has 1 aromatic heterocycles. The van der Waals surface area contributed by atoms with Crippen LogP contribution in [0.3, 0.4) is 0 Å². The van der Waals surface area contributed by atoms with Crippen molar-refractivity contribution in [3.63, 3.8) is 0 Å². The molecule has 0 saturated carbocycles. The molecular weight excluding hydrogens is 270 g/mol. The van der Waals surface area contributed by atoms with Crippen molar-refractivity contribution in [1.29, 1.82) is 0 Å². The summed E-state index contributed by atoms with van der Waals surface area (Å²) in [5.74, 6) is -0.103. The zero-order chi connectivity index (χ0) is 15.6. The molecule has 1 heterocycles. The summed E-state index contributed by atoms with van der Waals surface area (Å²) < 4.78 is 5.30. The normalized spacial score (nSPS) is 10.3. The Bertz CT molecular complexity index is 686. The van der Waals surface area contributed by atoms with Gasteiger partial charge < -0.3 is 14.7 Å². The largest absolute Gasteiger partial charge is 0.495 e. The maximum atomic E-state index is 11.6. The van der Waals surface area contributed by atoms with E-state index < -0.39 is 5.97 Å². The molecule has 0 aliphatic heterocycles. The van der Waals surface area contributed by atoms with Crippen LogP contribution in [0.15, 0.2) is 24.3 Å². The second-order valence-corrected chi connectivity index (χ2v) is 4.65. The van der Waals surface area contributed by atoms with E-state index in [0.29, 0.717) is 17.0 Å². The summed E-state index contributed by atoms with van der Waals surface area (Å²) in [7, 11) is 3.31. The number of hydrogen-bond acceptors (Lipinski definition) is 5. The van der Waals surface area contributed by atoms with E-state index in [1.54, 1.807) is 39.0 Å². The molecule has 2 rings (SSSR count). The Kier molecular flexibility index (Phi) is 4.07. The van der Waals surface area contributed by atoms with Crippen LogP contribution in [0.5, 0.6) is 5.75 Å². The van der Waals surface area contributed by atoms with Crippen molar-refractivity contribution < 1.29 is 14.6 Å². The molecule has 21 heavy (non-hydrogen) atoms. The number of benzene rings is 1. The summed E-state index contributed by atoms with van der Waals surface area (Å²) in [6, 6.07) is 7.34. The molecule has 0 radical (unpaired) electrons. The molecule has 0 atom stereocenters. The molecule has 1 aromatic carbocycles. The fourth-order valence-electron chi connectivity index (χ4n) is 2.11. The average molecular weight is 287 g/mol. The topological polar surface area (TPSA) is 75.5 Å². The first kappa shape index (κ1) is 14.8. The zero-order valence-electron chi connectivity index (χ0n) is 12.4. The highest BCUT2D eigenvalue weighted by Crippen LogP contribution is 2.33. The van der Waals surface area contributed by atoms with Gasteiger partial charge in [-0.2, -0.15) is 5.10 Å². The summed E-state index contributed by atoms with van der Waals surface area (Å²) in [6.45, 7) is 3.47. The fraction of sp³-hybridized carbons (Fsp3) is 0.267. The van der Waals surface area contributed by atoms with Crippen molar-refractivity contribution in [2.45, 2.75) is 13.8 Å². The van der Waals surface area contributed by atoms with Crippen LogP contribution in [0.25, 0.3) is 0 Å². The van der Waals surface area contributed by atoms with Gasteiger partial charge in [-0.05, 0) is 31.5 Å². The van der Waals surface area contributed by atoms with Crippen molar-refractivity contribution in [1.82, 2.24) is 10.2 Å². The number of aromatic carboxylic acids is 1. The lowest BCUT2D eigenvalue weighted by atomic mass is 10.1. The van der Waals surface area contributed by atoms with Gasteiger partial charge in [0.05, 0.1) is 18.5 Å². The lowest BCUT2D eigenvalue weighted by Gasteiger charge is -2.22. The highest BCUT2D eigenvalue weighted by molar-refractivity contribution is 5.96. The standard InChI is InChI=1S/C15H17N3O3/c1-9-10(2)16-17-14(13(9)15(19)20)18(3)11-7-5-6-8-12(11)21-4/h5-8H,1-4H3,(H,19,20). The molecule has 2 aromatic rings. The number of carboxylic acids is 1. The number of hydrogen-bond donors (Lipinski definition) is 1. The van der Waals surface area contributed by atoms with Crippen molar-refractivity contribution in [2.75, 3.05) is 19.1 Å². The second-order valence-electron chi connectivity index (χ2n) is 4.65. The number of methoxy groups -OCH3 is 1. The minimum Gasteiger partial charge on any atom is -0.495 e. The quantitative estimate of drug-likeness (QED) is 0.931. The Morgan fingerprint density at radius 2 is 1.90 bits per heavy atom. The third-order valence-electron chi connectivity index (χ3n) is 3.41. The summed E-state index contributed by atoms with van der Waals surface area (Å²) in [5.41, 5.74) is 2.08. The van der Waals surface area contributed by atoms with Crippen molar-refractivity contribution in [3.05, 3.63) is 41.1 Å². The van der Waals surface area contributed by atoms with Crippen molar-refractivity contribution in [2.24, 2.45) is 0 Å². The van der Waals surface area contributed by atoms with Gasteiger partial charge in [0.2, 0.25) is 0 Å². The van der Waals surface area contributed by atoms with Crippen LogP contribution in [0.2, 0.25) is 0 Å². The first-order valence-electron chi connectivity index (χ1n) is 6.41. The molecule has 0 bridgehead atoms. The highest BCUT2D eigenvalue weighted by atomic mass is 16.5. The third-order valence-corrected chi connectivity index (χ3v) is 3.41. The van der Waals surface area contributed by atoms with Crippen LogP contribution in [-0.4, -0.2) is 35.4 Å². The number of nitrogens with zero attached hydrogens (tertiary/aromatic N) is 3. The van der Waals surface area contributed by atoms with Gasteiger partial charge in [0.15, 0.2) is 5.82 Å². The minimum atomic E-state index is -1.03. The number of aromatic nitrogens is 2. The summed E-state index contributed by atoms with van der Waals surface area (Å²) >= 11 is 0. The maximum absolute atomic E-state index is 11.6. The number of rotatable bonds is 4. The molecule has 0 amide bonds. The van der Waals surface area contributed by atoms with Gasteiger partial charge in [0.25, 0.3) is 0 Å². The van der Waals surface area contributed by atoms with Gasteiger partial charge in [0.1, 0.15) is 11.3 Å². The number of anilines is 2. The maximum Gasteiger partial charge on any atom is 0.339 e. The van der Waals surface area contributed by atoms with E-state index in [1.165, 1.54) is 0 Å². The smallest absolute Gasteiger partial charge is 0.339 e. The molecule has 0 saturated heterocycles. The average Bonchev–Trinajstić information content (AvgIpc) is 2.48. The van der Waals surface area contributed by atoms with Crippen LogP contribution < -0.4 is 9.64 Å². The van der Waals surface area contributed by atoms with E-state index >= 15 is 0 Å². The number of carboxylic acid groups (broad SMARTS) is 1. The Hall–Kier alpha value is -2.63. The van der Waals surface area contributed by atoms with Crippen LogP contribution >= 0.6 is 0 Å². The minimum absolute atomic E-state index is 0.149. The molecule has 6 heteroatoms. The number of aryl methyl sites for hydroxylation is 1. The number of para-hydroxylation sites is 2. The van der Waals surface area contributed by atoms with Gasteiger partial charge in [-0.25, -0.2) is 4.79 Å². The first-order chi connectivity index (χ1) is 9.97. The highest BCUT2D eigenvalue weighted by Gasteiger charge is 2.22. The molecule has 0 fully saturated rings. The molecule has 110 valence electrons. The van der Waals surface area contributed by atoms with E-state index in [1.807, 2.05) is 18.2 Å². The first-order valence-corrected chi connectivity index (χ1v) is 6.41. The van der Waals surface area contributed by atoms with E-state index in [9.17, 15) is 9.90 Å². The van der Waals surface area contributed by atoms with Crippen LogP contribution in [0.4, 0.5) is 11.5 Å². The predicted molar refractivity (Wildman–Crippen MR) is 79.5 cm³/mol. The SMILES string of the molecule is COc1ccccc1N(C)c1nnc(C)c(C)c1C(=O)O. The predicted octanol–water partition coefficient (Wildman–Crippen LogP) is 2.57.